The fourth-order valence-corrected chi connectivity index (χ4v) is 6.02. The van der Waals surface area contributed by atoms with E-state index in [9.17, 15) is 23.8 Å². The van der Waals surface area contributed by atoms with Gasteiger partial charge < -0.3 is 21.3 Å². The molecule has 5 N–H and O–H groups in total. The number of nitrogens with two attached hydrogens (primary N) is 1. The molecular weight excluding hydrogens is 840 g/mol. The third-order valence-corrected chi connectivity index (χ3v) is 9.94. The largest absolute Gasteiger partial charge is 0.506 e. The normalized spacial score (nSPS) is 10.9. The van der Waals surface area contributed by atoms with Gasteiger partial charge in [-0.2, -0.15) is 0 Å². The molecule has 0 amide bonds. The number of carbonyl (C=O) groups is 1. The smallest absolute Gasteiger partial charge is 0.150 e. The van der Waals surface area contributed by atoms with Crippen LogP contribution < -0.4 is 11.1 Å². The van der Waals surface area contributed by atoms with E-state index in [1.807, 2.05) is 42.5 Å². The number of phenols is 2. The molecule has 0 bridgehead atoms. The number of pyridine rings is 4. The van der Waals surface area contributed by atoms with Crippen molar-refractivity contribution in [2.24, 2.45) is 0 Å². The van der Waals surface area contributed by atoms with Crippen molar-refractivity contribution in [3.63, 3.8) is 0 Å². The number of hydrogen-bond acceptors (Lipinski definition) is 9. The van der Waals surface area contributed by atoms with Crippen LogP contribution in [-0.4, -0.2) is 36.4 Å². The summed E-state index contributed by atoms with van der Waals surface area (Å²) in [6, 6.07) is 29.0. The minimum Gasteiger partial charge on any atom is -0.506 e. The number of hydrogen-bond donors (Lipinski definition) is 4. The van der Waals surface area contributed by atoms with Crippen molar-refractivity contribution in [2.45, 2.75) is 19.9 Å². The second-order valence-corrected chi connectivity index (χ2v) is 14.3. The van der Waals surface area contributed by atoms with E-state index in [0.717, 1.165) is 35.0 Å². The average molecular weight is 875 g/mol. The van der Waals surface area contributed by atoms with E-state index in [2.05, 4.69) is 25.3 Å². The van der Waals surface area contributed by atoms with Crippen molar-refractivity contribution >= 4 is 86.1 Å². The summed E-state index contributed by atoms with van der Waals surface area (Å²) in [6.45, 7) is 3.31. The van der Waals surface area contributed by atoms with Crippen molar-refractivity contribution in [1.82, 2.24) is 19.9 Å². The van der Waals surface area contributed by atoms with E-state index in [1.165, 1.54) is 12.1 Å². The topological polar surface area (TPSA) is 147 Å². The van der Waals surface area contributed by atoms with Crippen molar-refractivity contribution in [3.05, 3.63) is 187 Å². The SMILES string of the molecule is Cc1cc(N)ncc1F.Cc1cc(NC(c2ccc(Cl)c(Cl)c2)c2ccc3cccnc3c2O)ncc1F.O=Cc1ccc(Cl)c(Cl)c1.Oc1cccc2cccnc12. The third kappa shape index (κ3) is 11.7. The number of phenolic OH excluding ortho intramolecular Hbond substituents is 2. The van der Waals surface area contributed by atoms with E-state index in [-0.39, 0.29) is 23.1 Å². The van der Waals surface area contributed by atoms with Gasteiger partial charge in [0.2, 0.25) is 0 Å². The lowest BCUT2D eigenvalue weighted by Gasteiger charge is -2.22. The molecular formula is C44H34Cl4F2N6O3. The number of benzene rings is 4. The highest BCUT2D eigenvalue weighted by Crippen LogP contribution is 2.38. The zero-order valence-corrected chi connectivity index (χ0v) is 34.2. The highest BCUT2D eigenvalue weighted by atomic mass is 35.5. The Morgan fingerprint density at radius 3 is 1.85 bits per heavy atom. The Labute approximate surface area is 358 Å². The van der Waals surface area contributed by atoms with Crippen molar-refractivity contribution < 1.29 is 23.8 Å². The highest BCUT2D eigenvalue weighted by molar-refractivity contribution is 6.42. The Balaban J connectivity index is 0.000000179. The molecule has 4 heterocycles. The standard InChI is InChI=1S/C22H16Cl2FN3O.C9H7NO.C7H4Cl2O.C6H7FN2/c1-12-9-19(27-11-18(12)25)28-20(14-5-7-16(23)17(24)10-14)15-6-4-13-3-2-8-26-21(13)22(15)29;11-8-5-1-3-7-4-2-6-10-9(7)8;8-6-2-1-5(4-10)3-7(6)9;1-4-2-6(8)9-3-5(4)7/h2-11,20,29H,1H3,(H,27,28);1-6,11H;1-4H;2-3H,1H3,(H2,8,9). The van der Waals surface area contributed by atoms with Crippen molar-refractivity contribution in [1.29, 1.82) is 0 Å². The number of aromatic hydroxyl groups is 2. The summed E-state index contributed by atoms with van der Waals surface area (Å²) < 4.78 is 26.0. The predicted octanol–water partition coefficient (Wildman–Crippen LogP) is 12.1. The second kappa shape index (κ2) is 20.5. The van der Waals surface area contributed by atoms with E-state index >= 15 is 0 Å². The Morgan fingerprint density at radius 1 is 0.661 bits per heavy atom. The molecule has 0 fully saturated rings. The minimum atomic E-state index is -0.520. The molecule has 59 heavy (non-hydrogen) atoms. The average Bonchev–Trinajstić information content (AvgIpc) is 3.23. The van der Waals surface area contributed by atoms with E-state index in [1.54, 1.807) is 74.8 Å². The first kappa shape index (κ1) is 44.0. The van der Waals surface area contributed by atoms with Crippen LogP contribution in [0.25, 0.3) is 21.8 Å². The number of aromatic nitrogens is 4. The number of rotatable bonds is 5. The molecule has 4 aromatic carbocycles. The fraction of sp³-hybridized carbons (Fsp3) is 0.0682. The first-order valence-corrected chi connectivity index (χ1v) is 19.0. The van der Waals surface area contributed by atoms with Crippen LogP contribution in [-0.2, 0) is 0 Å². The zero-order valence-electron chi connectivity index (χ0n) is 31.2. The van der Waals surface area contributed by atoms with Gasteiger partial charge in [0.05, 0.1) is 38.5 Å². The number of fused-ring (bicyclic) bond motifs is 2. The van der Waals surface area contributed by atoms with Crippen molar-refractivity contribution in [2.75, 3.05) is 11.1 Å². The van der Waals surface area contributed by atoms with Gasteiger partial charge in [0.25, 0.3) is 0 Å². The molecule has 0 aliphatic carbocycles. The minimum absolute atomic E-state index is 0.0468. The summed E-state index contributed by atoms with van der Waals surface area (Å²) >= 11 is 23.5. The predicted molar refractivity (Wildman–Crippen MR) is 233 cm³/mol. The number of nitrogens with zero attached hydrogens (tertiary/aromatic N) is 4. The maximum Gasteiger partial charge on any atom is 0.150 e. The summed E-state index contributed by atoms with van der Waals surface area (Å²) in [6.07, 6.45) is 6.29. The van der Waals surface area contributed by atoms with Gasteiger partial charge >= 0.3 is 0 Å². The molecule has 0 spiro atoms. The maximum absolute atomic E-state index is 13.6. The van der Waals surface area contributed by atoms with Crippen LogP contribution in [0.2, 0.25) is 20.1 Å². The quantitative estimate of drug-likeness (QED) is 0.124. The number of carbonyl (C=O) groups excluding carboxylic acids is 1. The second-order valence-electron chi connectivity index (χ2n) is 12.7. The van der Waals surface area contributed by atoms with Crippen LogP contribution in [0.4, 0.5) is 20.4 Å². The van der Waals surface area contributed by atoms with Crippen LogP contribution in [0.1, 0.15) is 38.7 Å². The fourth-order valence-electron chi connectivity index (χ4n) is 5.41. The Bertz CT molecular complexity index is 2740. The summed E-state index contributed by atoms with van der Waals surface area (Å²) in [5, 5.41) is 27.0. The first-order valence-electron chi connectivity index (χ1n) is 17.5. The summed E-state index contributed by atoms with van der Waals surface area (Å²) in [5.74, 6) is 0.395. The van der Waals surface area contributed by atoms with Gasteiger partial charge in [0.1, 0.15) is 52.1 Å². The van der Waals surface area contributed by atoms with E-state index < -0.39 is 6.04 Å². The molecule has 8 rings (SSSR count). The number of para-hydroxylation sites is 1. The molecule has 0 saturated carbocycles. The summed E-state index contributed by atoms with van der Waals surface area (Å²) in [5.41, 5.74) is 9.26. The maximum atomic E-state index is 13.6. The summed E-state index contributed by atoms with van der Waals surface area (Å²) in [4.78, 5) is 26.2. The van der Waals surface area contributed by atoms with Crippen LogP contribution in [0, 0.1) is 25.5 Å². The summed E-state index contributed by atoms with van der Waals surface area (Å²) in [7, 11) is 0. The van der Waals surface area contributed by atoms with Crippen LogP contribution >= 0.6 is 46.4 Å². The molecule has 9 nitrogen and oxygen atoms in total. The number of anilines is 2. The lowest BCUT2D eigenvalue weighted by Crippen LogP contribution is -2.14. The molecule has 8 aromatic rings. The van der Waals surface area contributed by atoms with Gasteiger partial charge in [-0.1, -0.05) is 94.9 Å². The highest BCUT2D eigenvalue weighted by Gasteiger charge is 2.21. The number of nitrogens with one attached hydrogen (secondary N) is 1. The molecule has 15 heteroatoms. The molecule has 0 saturated heterocycles. The molecule has 0 aliphatic rings. The monoisotopic (exact) mass is 872 g/mol. The van der Waals surface area contributed by atoms with Gasteiger partial charge in [0, 0.05) is 34.3 Å². The molecule has 300 valence electrons. The van der Waals surface area contributed by atoms with Crippen molar-refractivity contribution in [3.8, 4) is 11.5 Å². The van der Waals surface area contributed by atoms with Crippen LogP contribution in [0.5, 0.6) is 11.5 Å². The van der Waals surface area contributed by atoms with E-state index in [4.69, 9.17) is 52.1 Å². The first-order chi connectivity index (χ1) is 28.2. The molecule has 1 atom stereocenters. The molecule has 4 aromatic heterocycles. The number of halogens is 6. The van der Waals surface area contributed by atoms with Gasteiger partial charge in [0.15, 0.2) is 0 Å². The van der Waals surface area contributed by atoms with E-state index in [0.29, 0.717) is 65.0 Å². The molecule has 0 radical (unpaired) electrons. The van der Waals surface area contributed by atoms with Gasteiger partial charge in [-0.15, -0.1) is 0 Å². The van der Waals surface area contributed by atoms with Gasteiger partial charge in [-0.05, 0) is 85.1 Å². The Kier molecular flexibility index (Phi) is 15.3. The zero-order chi connectivity index (χ0) is 42.6. The van der Waals surface area contributed by atoms with Gasteiger partial charge in [-0.25, -0.2) is 18.7 Å². The number of nitrogen functional groups attached to an aromatic ring is 1. The Morgan fingerprint density at radius 2 is 1.25 bits per heavy atom. The lowest BCUT2D eigenvalue weighted by atomic mass is 9.96. The van der Waals surface area contributed by atoms with Gasteiger partial charge in [-0.3, -0.25) is 14.8 Å². The Hall–Kier alpha value is -6.11. The lowest BCUT2D eigenvalue weighted by molar-refractivity contribution is 0.112. The number of aryl methyl sites for hydroxylation is 2. The van der Waals surface area contributed by atoms with Crippen LogP contribution in [0.3, 0.4) is 0 Å². The number of aldehydes is 1. The molecule has 1 unspecified atom stereocenters. The van der Waals surface area contributed by atoms with Crippen LogP contribution in [0.15, 0.2) is 128 Å². The molecule has 0 aliphatic heterocycles. The third-order valence-electron chi connectivity index (χ3n) is 8.47.